The van der Waals surface area contributed by atoms with Gasteiger partial charge in [0.05, 0.1) is 5.56 Å². The molecule has 0 heterocycles. The number of primary amides is 1. The molecular formula is C13H16N2O4. The second-order valence-corrected chi connectivity index (χ2v) is 4.20. The van der Waals surface area contributed by atoms with E-state index in [9.17, 15) is 14.4 Å². The number of rotatable bonds is 3. The van der Waals surface area contributed by atoms with E-state index in [1.807, 2.05) is 19.2 Å². The van der Waals surface area contributed by atoms with E-state index in [4.69, 9.17) is 10.5 Å². The van der Waals surface area contributed by atoms with Gasteiger partial charge in [-0.3, -0.25) is 10.1 Å². The number of imide groups is 1. The minimum Gasteiger partial charge on any atom is -0.449 e. The largest absolute Gasteiger partial charge is 0.449 e. The van der Waals surface area contributed by atoms with E-state index in [2.05, 4.69) is 0 Å². The minimum atomic E-state index is -1.10. The van der Waals surface area contributed by atoms with Crippen molar-refractivity contribution in [3.63, 3.8) is 0 Å². The van der Waals surface area contributed by atoms with Gasteiger partial charge in [-0.25, -0.2) is 9.59 Å². The zero-order valence-corrected chi connectivity index (χ0v) is 11.0. The van der Waals surface area contributed by atoms with Gasteiger partial charge in [-0.2, -0.15) is 0 Å². The molecule has 0 aliphatic heterocycles. The van der Waals surface area contributed by atoms with Crippen LogP contribution >= 0.6 is 0 Å². The van der Waals surface area contributed by atoms with Crippen molar-refractivity contribution in [2.75, 3.05) is 0 Å². The number of aryl methyl sites for hydroxylation is 2. The van der Waals surface area contributed by atoms with Crippen molar-refractivity contribution < 1.29 is 19.1 Å². The number of hydrogen-bond acceptors (Lipinski definition) is 4. The van der Waals surface area contributed by atoms with Gasteiger partial charge >= 0.3 is 12.0 Å². The van der Waals surface area contributed by atoms with Gasteiger partial charge in [0.25, 0.3) is 5.91 Å². The molecule has 0 aromatic heterocycles. The molecule has 0 radical (unpaired) electrons. The van der Waals surface area contributed by atoms with Crippen molar-refractivity contribution in [2.45, 2.75) is 26.9 Å². The van der Waals surface area contributed by atoms with Gasteiger partial charge in [0.15, 0.2) is 6.10 Å². The molecule has 1 aromatic carbocycles. The highest BCUT2D eigenvalue weighted by Gasteiger charge is 2.20. The molecule has 0 saturated carbocycles. The first-order chi connectivity index (χ1) is 8.81. The van der Waals surface area contributed by atoms with Crippen LogP contribution in [-0.4, -0.2) is 24.0 Å². The lowest BCUT2D eigenvalue weighted by Gasteiger charge is -2.12. The Kier molecular flexibility index (Phi) is 4.63. The van der Waals surface area contributed by atoms with Gasteiger partial charge < -0.3 is 10.5 Å². The zero-order valence-electron chi connectivity index (χ0n) is 11.0. The van der Waals surface area contributed by atoms with E-state index in [1.165, 1.54) is 6.92 Å². The van der Waals surface area contributed by atoms with Crippen LogP contribution < -0.4 is 11.1 Å². The minimum absolute atomic E-state index is 0.349. The Labute approximate surface area is 110 Å². The molecule has 19 heavy (non-hydrogen) atoms. The standard InChI is InChI=1S/C13H16N2O4/c1-7-4-5-10(6-8(7)2)12(17)19-9(3)11(16)15-13(14)18/h4-6,9H,1-3H3,(H3,14,15,16,18)/t9-/m1/s1. The van der Waals surface area contributed by atoms with Crippen molar-refractivity contribution >= 4 is 17.9 Å². The number of urea groups is 1. The molecule has 102 valence electrons. The van der Waals surface area contributed by atoms with Gasteiger partial charge in [-0.1, -0.05) is 6.07 Å². The summed E-state index contributed by atoms with van der Waals surface area (Å²) in [6, 6.07) is 4.10. The van der Waals surface area contributed by atoms with Crippen LogP contribution in [0.5, 0.6) is 0 Å². The average molecular weight is 264 g/mol. The fourth-order valence-electron chi connectivity index (χ4n) is 1.37. The third-order valence-electron chi connectivity index (χ3n) is 2.64. The lowest BCUT2D eigenvalue weighted by atomic mass is 10.1. The maximum atomic E-state index is 11.8. The quantitative estimate of drug-likeness (QED) is 0.797. The molecule has 1 atom stereocenters. The van der Waals surface area contributed by atoms with Crippen LogP contribution in [0.25, 0.3) is 0 Å². The Balaban J connectivity index is 2.71. The van der Waals surface area contributed by atoms with Crippen molar-refractivity contribution in [1.82, 2.24) is 5.32 Å². The predicted molar refractivity (Wildman–Crippen MR) is 68.5 cm³/mol. The molecule has 1 aromatic rings. The Morgan fingerprint density at radius 3 is 2.37 bits per heavy atom. The lowest BCUT2D eigenvalue weighted by molar-refractivity contribution is -0.127. The van der Waals surface area contributed by atoms with E-state index < -0.39 is 24.0 Å². The number of carbonyl (C=O) groups is 3. The fourth-order valence-corrected chi connectivity index (χ4v) is 1.37. The summed E-state index contributed by atoms with van der Waals surface area (Å²) in [7, 11) is 0. The molecule has 0 unspecified atom stereocenters. The highest BCUT2D eigenvalue weighted by Crippen LogP contribution is 2.11. The normalized spacial score (nSPS) is 11.5. The Morgan fingerprint density at radius 1 is 1.21 bits per heavy atom. The van der Waals surface area contributed by atoms with Gasteiger partial charge in [0.1, 0.15) is 0 Å². The van der Waals surface area contributed by atoms with E-state index in [0.717, 1.165) is 11.1 Å². The van der Waals surface area contributed by atoms with Crippen molar-refractivity contribution in [3.8, 4) is 0 Å². The zero-order chi connectivity index (χ0) is 14.6. The van der Waals surface area contributed by atoms with E-state index >= 15 is 0 Å². The molecule has 1 rings (SSSR count). The third kappa shape index (κ3) is 4.09. The summed E-state index contributed by atoms with van der Waals surface area (Å²) >= 11 is 0. The number of esters is 1. The van der Waals surface area contributed by atoms with E-state index in [0.29, 0.717) is 5.56 Å². The molecule has 0 bridgehead atoms. The van der Waals surface area contributed by atoms with Crippen LogP contribution in [0.4, 0.5) is 4.79 Å². The second kappa shape index (κ2) is 5.99. The first kappa shape index (κ1) is 14.7. The second-order valence-electron chi connectivity index (χ2n) is 4.20. The average Bonchev–Trinajstić information content (AvgIpc) is 2.31. The van der Waals surface area contributed by atoms with Crippen LogP contribution in [-0.2, 0) is 9.53 Å². The molecule has 6 nitrogen and oxygen atoms in total. The Bertz CT molecular complexity index is 525. The summed E-state index contributed by atoms with van der Waals surface area (Å²) in [5.74, 6) is -1.39. The SMILES string of the molecule is Cc1ccc(C(=O)O[C@H](C)C(=O)NC(N)=O)cc1C. The van der Waals surface area contributed by atoms with Crippen molar-refractivity contribution in [3.05, 3.63) is 34.9 Å². The third-order valence-corrected chi connectivity index (χ3v) is 2.64. The molecule has 0 spiro atoms. The van der Waals surface area contributed by atoms with Gasteiger partial charge in [-0.05, 0) is 44.0 Å². The Hall–Kier alpha value is -2.37. The van der Waals surface area contributed by atoms with Crippen LogP contribution in [0.3, 0.4) is 0 Å². The molecule has 0 aliphatic rings. The van der Waals surface area contributed by atoms with Crippen molar-refractivity contribution in [1.29, 1.82) is 0 Å². The summed E-state index contributed by atoms with van der Waals surface area (Å²) in [6.07, 6.45) is -1.10. The summed E-state index contributed by atoms with van der Waals surface area (Å²) in [5, 5.41) is 1.84. The molecule has 0 saturated heterocycles. The molecule has 0 fully saturated rings. The molecule has 3 N–H and O–H groups in total. The van der Waals surface area contributed by atoms with Crippen LogP contribution in [0.15, 0.2) is 18.2 Å². The lowest BCUT2D eigenvalue weighted by Crippen LogP contribution is -2.42. The monoisotopic (exact) mass is 264 g/mol. The number of carbonyl (C=O) groups excluding carboxylic acids is 3. The summed E-state index contributed by atoms with van der Waals surface area (Å²) in [4.78, 5) is 33.6. The van der Waals surface area contributed by atoms with Gasteiger partial charge in [0.2, 0.25) is 0 Å². The van der Waals surface area contributed by atoms with Crippen LogP contribution in [0.1, 0.15) is 28.4 Å². The maximum absolute atomic E-state index is 11.8. The van der Waals surface area contributed by atoms with Gasteiger partial charge in [0, 0.05) is 0 Å². The summed E-state index contributed by atoms with van der Waals surface area (Å²) < 4.78 is 4.94. The summed E-state index contributed by atoms with van der Waals surface area (Å²) in [5.41, 5.74) is 7.15. The highest BCUT2D eigenvalue weighted by atomic mass is 16.5. The number of hydrogen-bond donors (Lipinski definition) is 2. The van der Waals surface area contributed by atoms with Crippen LogP contribution in [0, 0.1) is 13.8 Å². The highest BCUT2D eigenvalue weighted by molar-refractivity contribution is 5.98. The number of nitrogens with two attached hydrogens (primary N) is 1. The smallest absolute Gasteiger partial charge is 0.338 e. The fraction of sp³-hybridized carbons (Fsp3) is 0.308. The van der Waals surface area contributed by atoms with E-state index in [1.54, 1.807) is 18.2 Å². The number of benzene rings is 1. The topological polar surface area (TPSA) is 98.5 Å². The molecule has 0 aliphatic carbocycles. The molecule has 3 amide bonds. The first-order valence-electron chi connectivity index (χ1n) is 5.69. The first-order valence-corrected chi connectivity index (χ1v) is 5.69. The molecule has 6 heteroatoms. The molecular weight excluding hydrogens is 248 g/mol. The summed E-state index contributed by atoms with van der Waals surface area (Å²) in [6.45, 7) is 5.15. The number of ether oxygens (including phenoxy) is 1. The Morgan fingerprint density at radius 2 is 1.84 bits per heavy atom. The maximum Gasteiger partial charge on any atom is 0.338 e. The number of amides is 3. The van der Waals surface area contributed by atoms with Crippen LogP contribution in [0.2, 0.25) is 0 Å². The van der Waals surface area contributed by atoms with Gasteiger partial charge in [-0.15, -0.1) is 0 Å². The number of nitrogens with one attached hydrogen (secondary N) is 1. The predicted octanol–water partition coefficient (Wildman–Crippen LogP) is 1.04. The van der Waals surface area contributed by atoms with E-state index in [-0.39, 0.29) is 0 Å². The van der Waals surface area contributed by atoms with Crippen molar-refractivity contribution in [2.24, 2.45) is 5.73 Å².